The van der Waals surface area contributed by atoms with Gasteiger partial charge in [0.1, 0.15) is 0 Å². The first-order valence-corrected chi connectivity index (χ1v) is 10.4. The zero-order chi connectivity index (χ0) is 19.3. The van der Waals surface area contributed by atoms with Crippen molar-refractivity contribution in [3.63, 3.8) is 0 Å². The largest absolute Gasteiger partial charge is 0.402 e. The molecule has 0 radical (unpaired) electrons. The fourth-order valence-electron chi connectivity index (χ4n) is 2.56. The number of carbonyl (C=O) groups excluding carboxylic acids is 1. The Morgan fingerprint density at radius 2 is 1.32 bits per heavy atom. The van der Waals surface area contributed by atoms with E-state index >= 15 is 0 Å². The summed E-state index contributed by atoms with van der Waals surface area (Å²) < 4.78 is 6.28. The molecule has 28 heavy (non-hydrogen) atoms. The number of nitrogens with zero attached hydrogens (tertiary/aromatic N) is 1. The molecule has 3 nitrogen and oxygen atoms in total. The average molecular weight is 404 g/mol. The highest BCUT2D eigenvalue weighted by Crippen LogP contribution is 2.42. The van der Waals surface area contributed by atoms with Crippen LogP contribution in [0.25, 0.3) is 0 Å². The molecule has 0 aliphatic carbocycles. The monoisotopic (exact) mass is 403 g/mol. The van der Waals surface area contributed by atoms with Crippen LogP contribution in [0.15, 0.2) is 110 Å². The number of thioether (sulfide) groups is 2. The van der Waals surface area contributed by atoms with Crippen molar-refractivity contribution in [1.29, 1.82) is 0 Å². The molecule has 0 aromatic heterocycles. The molecular weight excluding hydrogens is 386 g/mol. The van der Waals surface area contributed by atoms with Gasteiger partial charge in [-0.25, -0.2) is 9.79 Å². The molecule has 5 heteroatoms. The van der Waals surface area contributed by atoms with E-state index in [1.165, 1.54) is 23.5 Å². The number of benzene rings is 3. The minimum atomic E-state index is -0.419. The molecule has 1 aliphatic heterocycles. The normalized spacial score (nSPS) is 13.2. The van der Waals surface area contributed by atoms with Crippen LogP contribution < -0.4 is 0 Å². The second-order valence-electron chi connectivity index (χ2n) is 6.14. The molecule has 3 aromatic carbocycles. The number of cyclic esters (lactones) is 1. The highest BCUT2D eigenvalue weighted by molar-refractivity contribution is 8.22. The Bertz CT molecular complexity index is 999. The summed E-state index contributed by atoms with van der Waals surface area (Å²) in [7, 11) is 0. The quantitative estimate of drug-likeness (QED) is 0.295. The smallest absolute Gasteiger partial charge is 0.365 e. The number of carbonyl (C=O) groups is 1. The maximum atomic E-state index is 12.6. The highest BCUT2D eigenvalue weighted by Gasteiger charge is 2.28. The molecule has 3 aromatic rings. The van der Waals surface area contributed by atoms with E-state index in [9.17, 15) is 4.79 Å². The molecular formula is C23H17NO2S2. The van der Waals surface area contributed by atoms with E-state index < -0.39 is 5.97 Å². The number of aliphatic imine (C=N–C) groups is 1. The number of rotatable bonds is 5. The summed E-state index contributed by atoms with van der Waals surface area (Å²) >= 11 is 3.04. The summed E-state index contributed by atoms with van der Waals surface area (Å²) in [6, 6.07) is 27.7. The van der Waals surface area contributed by atoms with E-state index in [-0.39, 0.29) is 0 Å². The van der Waals surface area contributed by atoms with Gasteiger partial charge in [0.2, 0.25) is 5.90 Å². The van der Waals surface area contributed by atoms with Crippen molar-refractivity contribution < 1.29 is 9.53 Å². The van der Waals surface area contributed by atoms with Crippen molar-refractivity contribution in [2.45, 2.75) is 16.7 Å². The summed E-state index contributed by atoms with van der Waals surface area (Å²) in [5, 5.41) is 0. The van der Waals surface area contributed by atoms with Crippen LogP contribution in [0.1, 0.15) is 11.1 Å². The maximum absolute atomic E-state index is 12.6. The second-order valence-corrected chi connectivity index (χ2v) is 8.56. The number of hydrogen-bond acceptors (Lipinski definition) is 5. The van der Waals surface area contributed by atoms with Crippen molar-refractivity contribution in [3.05, 3.63) is 106 Å². The lowest BCUT2D eigenvalue weighted by Crippen LogP contribution is -2.05. The van der Waals surface area contributed by atoms with Crippen molar-refractivity contribution in [3.8, 4) is 0 Å². The van der Waals surface area contributed by atoms with Crippen LogP contribution in [0.3, 0.4) is 0 Å². The molecule has 1 aliphatic rings. The van der Waals surface area contributed by atoms with Crippen molar-refractivity contribution in [2.75, 3.05) is 0 Å². The first kappa shape index (κ1) is 18.6. The lowest BCUT2D eigenvalue weighted by atomic mass is 10.1. The summed E-state index contributed by atoms with van der Waals surface area (Å²) in [5.41, 5.74) is 2.28. The molecule has 4 rings (SSSR count). The molecule has 0 atom stereocenters. The second kappa shape index (κ2) is 8.50. The SMILES string of the molecule is Cc1ccc(C2=NC(=C(Sc3ccccc3)Sc3ccccc3)C(=O)O2)cc1. The van der Waals surface area contributed by atoms with Gasteiger partial charge >= 0.3 is 5.97 Å². The highest BCUT2D eigenvalue weighted by atomic mass is 32.2. The van der Waals surface area contributed by atoms with Crippen LogP contribution in [0.2, 0.25) is 0 Å². The molecule has 0 saturated heterocycles. The van der Waals surface area contributed by atoms with Crippen molar-refractivity contribution >= 4 is 35.4 Å². The van der Waals surface area contributed by atoms with Gasteiger partial charge in [0, 0.05) is 15.4 Å². The Kier molecular flexibility index (Phi) is 5.65. The molecule has 138 valence electrons. The Labute approximate surface area is 172 Å². The first-order valence-electron chi connectivity index (χ1n) is 8.77. The van der Waals surface area contributed by atoms with E-state index in [0.29, 0.717) is 11.6 Å². The van der Waals surface area contributed by atoms with Gasteiger partial charge in [-0.05, 0) is 43.3 Å². The van der Waals surface area contributed by atoms with Gasteiger partial charge in [-0.3, -0.25) is 0 Å². The van der Waals surface area contributed by atoms with Gasteiger partial charge < -0.3 is 4.74 Å². The van der Waals surface area contributed by atoms with E-state index in [0.717, 1.165) is 25.2 Å². The lowest BCUT2D eigenvalue weighted by molar-refractivity contribution is -0.130. The molecule has 0 spiro atoms. The summed E-state index contributed by atoms with van der Waals surface area (Å²) in [5.74, 6) is -0.0720. The number of esters is 1. The Morgan fingerprint density at radius 3 is 1.86 bits per heavy atom. The lowest BCUT2D eigenvalue weighted by Gasteiger charge is -2.08. The van der Waals surface area contributed by atoms with Gasteiger partial charge in [-0.1, -0.05) is 77.6 Å². The predicted octanol–water partition coefficient (Wildman–Crippen LogP) is 6.05. The standard InChI is InChI=1S/C23H17NO2S2/c1-16-12-14-17(15-13-16)21-24-20(22(25)26-21)23(27-18-8-4-2-5-9-18)28-19-10-6-3-7-11-19/h2-15H,1H3. The van der Waals surface area contributed by atoms with Crippen LogP contribution in [0.4, 0.5) is 0 Å². The predicted molar refractivity (Wildman–Crippen MR) is 115 cm³/mol. The molecule has 0 saturated carbocycles. The Morgan fingerprint density at radius 1 is 0.786 bits per heavy atom. The third-order valence-corrected chi connectivity index (χ3v) is 6.27. The molecule has 1 heterocycles. The van der Waals surface area contributed by atoms with Gasteiger partial charge in [0.15, 0.2) is 5.70 Å². The number of ether oxygens (including phenoxy) is 1. The molecule has 0 amide bonds. The van der Waals surface area contributed by atoms with Crippen LogP contribution in [-0.2, 0) is 9.53 Å². The molecule has 0 bridgehead atoms. The fraction of sp³-hybridized carbons (Fsp3) is 0.0435. The summed E-state index contributed by atoms with van der Waals surface area (Å²) in [4.78, 5) is 19.3. The summed E-state index contributed by atoms with van der Waals surface area (Å²) in [6.07, 6.45) is 0. The summed E-state index contributed by atoms with van der Waals surface area (Å²) in [6.45, 7) is 2.02. The van der Waals surface area contributed by atoms with Gasteiger partial charge in [-0.15, -0.1) is 0 Å². The van der Waals surface area contributed by atoms with E-state index in [2.05, 4.69) is 4.99 Å². The maximum Gasteiger partial charge on any atom is 0.365 e. The van der Waals surface area contributed by atoms with E-state index in [1.54, 1.807) is 0 Å². The fourth-order valence-corrected chi connectivity index (χ4v) is 4.77. The Hall–Kier alpha value is -2.76. The number of aryl methyl sites for hydroxylation is 1. The van der Waals surface area contributed by atoms with Crippen LogP contribution in [-0.4, -0.2) is 11.9 Å². The minimum absolute atomic E-state index is 0.346. The van der Waals surface area contributed by atoms with Gasteiger partial charge in [0.25, 0.3) is 0 Å². The number of hydrogen-bond donors (Lipinski definition) is 0. The van der Waals surface area contributed by atoms with Crippen LogP contribution in [0, 0.1) is 6.92 Å². The van der Waals surface area contributed by atoms with E-state index in [1.807, 2.05) is 91.9 Å². The third-order valence-electron chi connectivity index (χ3n) is 4.00. The average Bonchev–Trinajstić information content (AvgIpc) is 3.11. The molecule has 0 unspecified atom stereocenters. The van der Waals surface area contributed by atoms with E-state index in [4.69, 9.17) is 4.74 Å². The minimum Gasteiger partial charge on any atom is -0.402 e. The third kappa shape index (κ3) is 4.38. The zero-order valence-electron chi connectivity index (χ0n) is 15.2. The molecule has 0 fully saturated rings. The first-order chi connectivity index (χ1) is 13.7. The van der Waals surface area contributed by atoms with Crippen molar-refractivity contribution in [1.82, 2.24) is 0 Å². The zero-order valence-corrected chi connectivity index (χ0v) is 16.8. The van der Waals surface area contributed by atoms with Gasteiger partial charge in [-0.2, -0.15) is 0 Å². The Balaban J connectivity index is 1.73. The molecule has 0 N–H and O–H groups in total. The van der Waals surface area contributed by atoms with Gasteiger partial charge in [0.05, 0.1) is 4.24 Å². The van der Waals surface area contributed by atoms with Crippen LogP contribution >= 0.6 is 23.5 Å². The van der Waals surface area contributed by atoms with Crippen LogP contribution in [0.5, 0.6) is 0 Å². The van der Waals surface area contributed by atoms with Crippen molar-refractivity contribution in [2.24, 2.45) is 4.99 Å². The topological polar surface area (TPSA) is 38.7 Å².